The van der Waals surface area contributed by atoms with E-state index in [2.05, 4.69) is 36.7 Å². The molecule has 0 bridgehead atoms. The number of aromatic nitrogens is 4. The van der Waals surface area contributed by atoms with Crippen molar-refractivity contribution in [1.29, 1.82) is 0 Å². The number of likely N-dealkylation sites (tertiary alicyclic amines) is 1. The first-order valence-corrected chi connectivity index (χ1v) is 13.4. The van der Waals surface area contributed by atoms with E-state index in [4.69, 9.17) is 0 Å². The Hall–Kier alpha value is -3.92. The molecule has 1 unspecified atom stereocenters. The molecule has 7 nitrogen and oxygen atoms in total. The summed E-state index contributed by atoms with van der Waals surface area (Å²) >= 11 is 0. The number of alkyl halides is 3. The largest absolute Gasteiger partial charge is 0.453 e. The zero-order valence-electron chi connectivity index (χ0n) is 21.5. The van der Waals surface area contributed by atoms with Crippen LogP contribution in [0.2, 0.25) is 0 Å². The van der Waals surface area contributed by atoms with Crippen molar-refractivity contribution >= 4 is 23.0 Å². The molecule has 0 amide bonds. The number of halogens is 3. The Morgan fingerprint density at radius 1 is 0.795 bits per heavy atom. The molecule has 202 valence electrons. The minimum absolute atomic E-state index is 0.0461. The molecule has 2 aromatic heterocycles. The maximum Gasteiger partial charge on any atom is 0.453 e. The molecule has 1 saturated heterocycles. The third-order valence-corrected chi connectivity index (χ3v) is 7.50. The van der Waals surface area contributed by atoms with Gasteiger partial charge in [-0.05, 0) is 93.1 Å². The van der Waals surface area contributed by atoms with Gasteiger partial charge in [-0.1, -0.05) is 24.3 Å². The van der Waals surface area contributed by atoms with Crippen LogP contribution in [0.5, 0.6) is 0 Å². The summed E-state index contributed by atoms with van der Waals surface area (Å²) in [5.41, 5.74) is 4.73. The predicted molar refractivity (Wildman–Crippen MR) is 145 cm³/mol. The van der Waals surface area contributed by atoms with E-state index in [-0.39, 0.29) is 11.8 Å². The van der Waals surface area contributed by atoms with Crippen LogP contribution in [0.25, 0.3) is 5.82 Å². The minimum Gasteiger partial charge on any atom is -0.355 e. The molecule has 0 spiro atoms. The van der Waals surface area contributed by atoms with Gasteiger partial charge in [0.2, 0.25) is 5.95 Å². The summed E-state index contributed by atoms with van der Waals surface area (Å²) < 4.78 is 42.0. The molecule has 1 atom stereocenters. The van der Waals surface area contributed by atoms with Gasteiger partial charge >= 0.3 is 6.18 Å². The zero-order valence-corrected chi connectivity index (χ0v) is 21.5. The number of hydrogen-bond donors (Lipinski definition) is 2. The second-order valence-corrected chi connectivity index (χ2v) is 10.1. The Balaban J connectivity index is 1.27. The number of fused-ring (bicyclic) bond motifs is 1. The second kappa shape index (κ2) is 10.7. The van der Waals surface area contributed by atoms with E-state index in [1.54, 1.807) is 12.1 Å². The fourth-order valence-electron chi connectivity index (χ4n) is 5.54. The average Bonchev–Trinajstić information content (AvgIpc) is 3.57. The molecule has 1 aliphatic carbocycles. The molecule has 10 heteroatoms. The molecule has 1 fully saturated rings. The van der Waals surface area contributed by atoms with Crippen LogP contribution in [-0.4, -0.2) is 43.8 Å². The summed E-state index contributed by atoms with van der Waals surface area (Å²) in [6, 6.07) is 19.5. The number of nitrogens with zero attached hydrogens (tertiary/aromatic N) is 5. The van der Waals surface area contributed by atoms with Crippen LogP contribution in [0.4, 0.5) is 36.2 Å². The zero-order chi connectivity index (χ0) is 26.8. The SMILES string of the molecule is FC(F)(F)c1nc(Nc2ccc3c(c2)CCC(N2CCCC2)CC3)n(-c2cc(Nc3ccccc3)ccn2)n1. The first kappa shape index (κ1) is 25.4. The highest BCUT2D eigenvalue weighted by Gasteiger charge is 2.37. The van der Waals surface area contributed by atoms with Gasteiger partial charge in [-0.2, -0.15) is 22.8 Å². The lowest BCUT2D eigenvalue weighted by Crippen LogP contribution is -2.32. The van der Waals surface area contributed by atoms with Gasteiger partial charge < -0.3 is 15.5 Å². The summed E-state index contributed by atoms with van der Waals surface area (Å²) in [6.45, 7) is 2.36. The van der Waals surface area contributed by atoms with E-state index in [0.29, 0.717) is 17.4 Å². The fraction of sp³-hybridized carbons (Fsp3) is 0.345. The first-order chi connectivity index (χ1) is 18.9. The summed E-state index contributed by atoms with van der Waals surface area (Å²) in [4.78, 5) is 10.7. The van der Waals surface area contributed by atoms with Gasteiger partial charge in [0, 0.05) is 35.4 Å². The molecular formula is C29H30F3N7. The molecule has 6 rings (SSSR count). The standard InChI is InChI=1S/C29H30F3N7/c30-29(31,32)27-36-28(39(37-27)26-19-24(14-15-33-26)34-22-6-2-1-3-7-22)35-23-11-8-20-9-12-25(13-10-21(20)18-23)38-16-4-5-17-38/h1-3,6-8,11,14-15,18-19,25H,4-5,9-10,12-13,16-17H2,(H,33,34)(H,35,36,37). The van der Waals surface area contributed by atoms with E-state index < -0.39 is 12.0 Å². The molecule has 4 aromatic rings. The van der Waals surface area contributed by atoms with E-state index >= 15 is 0 Å². The van der Waals surface area contributed by atoms with Crippen LogP contribution in [0, 0.1) is 0 Å². The Morgan fingerprint density at radius 2 is 1.54 bits per heavy atom. The molecule has 1 aliphatic heterocycles. The topological polar surface area (TPSA) is 70.9 Å². The lowest BCUT2D eigenvalue weighted by molar-refractivity contribution is -0.144. The number of aryl methyl sites for hydroxylation is 2. The molecule has 2 aliphatic rings. The van der Waals surface area contributed by atoms with E-state index in [9.17, 15) is 13.2 Å². The minimum atomic E-state index is -4.69. The van der Waals surface area contributed by atoms with Crippen LogP contribution in [-0.2, 0) is 19.0 Å². The van der Waals surface area contributed by atoms with Crippen molar-refractivity contribution < 1.29 is 13.2 Å². The van der Waals surface area contributed by atoms with Crippen molar-refractivity contribution in [2.45, 2.75) is 50.7 Å². The van der Waals surface area contributed by atoms with Gasteiger partial charge in [0.15, 0.2) is 5.82 Å². The van der Waals surface area contributed by atoms with Gasteiger partial charge in [-0.15, -0.1) is 5.10 Å². The number of hydrogen-bond acceptors (Lipinski definition) is 6. The van der Waals surface area contributed by atoms with Gasteiger partial charge in [0.1, 0.15) is 0 Å². The quantitative estimate of drug-likeness (QED) is 0.275. The maximum absolute atomic E-state index is 13.6. The Morgan fingerprint density at radius 3 is 2.31 bits per heavy atom. The Bertz CT molecular complexity index is 1430. The molecule has 2 N–H and O–H groups in total. The number of para-hydroxylation sites is 1. The lowest BCUT2D eigenvalue weighted by Gasteiger charge is -2.25. The normalized spacial score (nSPS) is 18.0. The molecular weight excluding hydrogens is 503 g/mol. The summed E-state index contributed by atoms with van der Waals surface area (Å²) in [6.07, 6.45) is 3.57. The van der Waals surface area contributed by atoms with Gasteiger partial charge in [-0.3, -0.25) is 0 Å². The predicted octanol–water partition coefficient (Wildman–Crippen LogP) is 6.51. The molecule has 39 heavy (non-hydrogen) atoms. The van der Waals surface area contributed by atoms with Crippen LogP contribution < -0.4 is 10.6 Å². The first-order valence-electron chi connectivity index (χ1n) is 13.4. The molecule has 0 radical (unpaired) electrons. The van der Waals surface area contributed by atoms with Crippen molar-refractivity contribution in [3.63, 3.8) is 0 Å². The summed E-state index contributed by atoms with van der Waals surface area (Å²) in [5.74, 6) is -1.06. The van der Waals surface area contributed by atoms with Crippen molar-refractivity contribution in [3.8, 4) is 5.82 Å². The highest BCUT2D eigenvalue weighted by atomic mass is 19.4. The smallest absolute Gasteiger partial charge is 0.355 e. The third kappa shape index (κ3) is 5.75. The number of pyridine rings is 1. The highest BCUT2D eigenvalue weighted by Crippen LogP contribution is 2.32. The molecule has 3 heterocycles. The number of benzene rings is 2. The molecule has 0 saturated carbocycles. The lowest BCUT2D eigenvalue weighted by atomic mass is 10.0. The third-order valence-electron chi connectivity index (χ3n) is 7.50. The van der Waals surface area contributed by atoms with E-state index in [1.807, 2.05) is 42.5 Å². The van der Waals surface area contributed by atoms with Crippen molar-refractivity contribution in [1.82, 2.24) is 24.6 Å². The van der Waals surface area contributed by atoms with Crippen LogP contribution in [0.15, 0.2) is 66.9 Å². The fourth-order valence-corrected chi connectivity index (χ4v) is 5.54. The van der Waals surface area contributed by atoms with Crippen molar-refractivity contribution in [3.05, 3.63) is 83.8 Å². The van der Waals surface area contributed by atoms with Crippen LogP contribution >= 0.6 is 0 Å². The van der Waals surface area contributed by atoms with Crippen molar-refractivity contribution in [2.24, 2.45) is 0 Å². The summed E-state index contributed by atoms with van der Waals surface area (Å²) in [5, 5.41) is 10.1. The Kier molecular flexibility index (Phi) is 6.95. The average molecular weight is 534 g/mol. The van der Waals surface area contributed by atoms with Gasteiger partial charge in [-0.25, -0.2) is 4.98 Å². The van der Waals surface area contributed by atoms with E-state index in [0.717, 1.165) is 36.1 Å². The van der Waals surface area contributed by atoms with E-state index in [1.165, 1.54) is 43.3 Å². The van der Waals surface area contributed by atoms with Crippen LogP contribution in [0.1, 0.15) is 42.6 Å². The van der Waals surface area contributed by atoms with Gasteiger partial charge in [0.05, 0.1) is 0 Å². The molecule has 2 aromatic carbocycles. The maximum atomic E-state index is 13.6. The highest BCUT2D eigenvalue weighted by molar-refractivity contribution is 5.62. The van der Waals surface area contributed by atoms with Crippen LogP contribution in [0.3, 0.4) is 0 Å². The summed E-state index contributed by atoms with van der Waals surface area (Å²) in [7, 11) is 0. The van der Waals surface area contributed by atoms with Crippen molar-refractivity contribution in [2.75, 3.05) is 23.7 Å². The van der Waals surface area contributed by atoms with Gasteiger partial charge in [0.25, 0.3) is 5.82 Å². The number of anilines is 4. The number of nitrogens with one attached hydrogen (secondary N) is 2. The number of rotatable bonds is 6. The Labute approximate surface area is 225 Å². The second-order valence-electron chi connectivity index (χ2n) is 10.1. The monoisotopic (exact) mass is 533 g/mol.